The first-order chi connectivity index (χ1) is 13.5. The Balaban J connectivity index is 1.90. The van der Waals surface area contributed by atoms with Crippen molar-refractivity contribution in [1.29, 1.82) is 0 Å². The van der Waals surface area contributed by atoms with Crippen LogP contribution in [0.25, 0.3) is 33.3 Å². The Morgan fingerprint density at radius 3 is 2.25 bits per heavy atom. The molecule has 0 amide bonds. The van der Waals surface area contributed by atoms with Gasteiger partial charge in [-0.3, -0.25) is 5.10 Å². The Bertz CT molecular complexity index is 1160. The van der Waals surface area contributed by atoms with Gasteiger partial charge in [0, 0.05) is 28.3 Å². The summed E-state index contributed by atoms with van der Waals surface area (Å²) in [5.74, 6) is 0.973. The van der Waals surface area contributed by atoms with Crippen molar-refractivity contribution in [3.63, 3.8) is 0 Å². The summed E-state index contributed by atoms with van der Waals surface area (Å²) in [7, 11) is 3.10. The highest BCUT2D eigenvalue weighted by molar-refractivity contribution is 6.41. The maximum Gasteiger partial charge on any atom is 0.141 e. The van der Waals surface area contributed by atoms with Gasteiger partial charge in [-0.25, -0.2) is 0 Å². The number of aromatic amines is 1. The highest BCUT2D eigenvalue weighted by atomic mass is 35.5. The predicted molar refractivity (Wildman–Crippen MR) is 115 cm³/mol. The highest BCUT2D eigenvalue weighted by Gasteiger charge is 2.20. The fourth-order valence-electron chi connectivity index (χ4n) is 3.23. The van der Waals surface area contributed by atoms with E-state index in [0.29, 0.717) is 32.8 Å². The number of methoxy groups -OCH3 is 2. The van der Waals surface area contributed by atoms with Gasteiger partial charge in [0.1, 0.15) is 17.2 Å². The molecule has 4 aromatic rings. The summed E-state index contributed by atoms with van der Waals surface area (Å²) in [6.45, 7) is 0. The molecule has 1 aromatic heterocycles. The third-order valence-electron chi connectivity index (χ3n) is 4.64. The van der Waals surface area contributed by atoms with Crippen LogP contribution >= 0.6 is 23.2 Å². The number of aromatic nitrogens is 2. The number of rotatable bonds is 4. The summed E-state index contributed by atoms with van der Waals surface area (Å²) in [6, 6.07) is 15.1. The quantitative estimate of drug-likeness (QED) is 0.414. The lowest BCUT2D eigenvalue weighted by Gasteiger charge is -2.15. The summed E-state index contributed by atoms with van der Waals surface area (Å²) in [5, 5.41) is 9.30. The molecule has 0 fully saturated rings. The van der Waals surface area contributed by atoms with Crippen LogP contribution in [0.1, 0.15) is 0 Å². The molecule has 0 spiro atoms. The minimum atomic E-state index is 0.416. The molecule has 3 N–H and O–H groups in total. The van der Waals surface area contributed by atoms with Crippen molar-refractivity contribution in [2.24, 2.45) is 0 Å². The number of nitrogens with zero attached hydrogens (tertiary/aromatic N) is 1. The molecule has 4 rings (SSSR count). The molecule has 0 saturated carbocycles. The molecule has 0 atom stereocenters. The molecule has 3 aromatic carbocycles. The number of halogens is 2. The van der Waals surface area contributed by atoms with Crippen molar-refractivity contribution in [3.8, 4) is 33.9 Å². The number of ether oxygens (including phenoxy) is 2. The minimum absolute atomic E-state index is 0.416. The SMILES string of the molecule is COc1cc(OC)c(Cl)c(-c2ccc3c(-c4ccccc4N)n[nH]c3c2)c1Cl. The summed E-state index contributed by atoms with van der Waals surface area (Å²) in [4.78, 5) is 0. The third-order valence-corrected chi connectivity index (χ3v) is 5.39. The molecular formula is C21H17Cl2N3O2. The smallest absolute Gasteiger partial charge is 0.141 e. The maximum atomic E-state index is 6.54. The van der Waals surface area contributed by atoms with Gasteiger partial charge in [0.05, 0.1) is 29.8 Å². The van der Waals surface area contributed by atoms with Crippen LogP contribution in [-0.4, -0.2) is 24.4 Å². The van der Waals surface area contributed by atoms with Crippen LogP contribution in [0, 0.1) is 0 Å². The molecule has 1 heterocycles. The van der Waals surface area contributed by atoms with Crippen molar-refractivity contribution < 1.29 is 9.47 Å². The van der Waals surface area contributed by atoms with E-state index < -0.39 is 0 Å². The summed E-state index contributed by atoms with van der Waals surface area (Å²) >= 11 is 13.1. The molecule has 0 bridgehead atoms. The number of nitrogens with one attached hydrogen (secondary N) is 1. The Kier molecular flexibility index (Phi) is 4.79. The second kappa shape index (κ2) is 7.26. The lowest BCUT2D eigenvalue weighted by molar-refractivity contribution is 0.395. The van der Waals surface area contributed by atoms with Gasteiger partial charge < -0.3 is 15.2 Å². The zero-order valence-electron chi connectivity index (χ0n) is 15.2. The number of para-hydroxylation sites is 1. The molecule has 142 valence electrons. The number of nitrogen functional groups attached to an aromatic ring is 1. The van der Waals surface area contributed by atoms with Crippen LogP contribution in [0.4, 0.5) is 5.69 Å². The zero-order chi connectivity index (χ0) is 19.8. The molecule has 0 aliphatic carbocycles. The summed E-state index contributed by atoms with van der Waals surface area (Å²) in [5.41, 5.74) is 10.7. The van der Waals surface area contributed by atoms with Gasteiger partial charge in [-0.2, -0.15) is 5.10 Å². The lowest BCUT2D eigenvalue weighted by Crippen LogP contribution is -1.93. The zero-order valence-corrected chi connectivity index (χ0v) is 16.7. The minimum Gasteiger partial charge on any atom is -0.495 e. The van der Waals surface area contributed by atoms with Gasteiger partial charge in [-0.05, 0) is 23.8 Å². The van der Waals surface area contributed by atoms with Gasteiger partial charge in [-0.15, -0.1) is 0 Å². The van der Waals surface area contributed by atoms with Crippen LogP contribution in [0.15, 0.2) is 48.5 Å². The van der Waals surface area contributed by atoms with E-state index in [2.05, 4.69) is 10.2 Å². The molecule has 0 aliphatic heterocycles. The van der Waals surface area contributed by atoms with Crippen LogP contribution in [0.5, 0.6) is 11.5 Å². The van der Waals surface area contributed by atoms with Gasteiger partial charge in [0.2, 0.25) is 0 Å². The number of benzene rings is 3. The molecule has 28 heavy (non-hydrogen) atoms. The van der Waals surface area contributed by atoms with Gasteiger partial charge in [0.15, 0.2) is 0 Å². The fourth-order valence-corrected chi connectivity index (χ4v) is 3.95. The van der Waals surface area contributed by atoms with E-state index in [4.69, 9.17) is 38.4 Å². The van der Waals surface area contributed by atoms with Crippen molar-refractivity contribution >= 4 is 39.8 Å². The van der Waals surface area contributed by atoms with Crippen molar-refractivity contribution in [3.05, 3.63) is 58.6 Å². The largest absolute Gasteiger partial charge is 0.495 e. The second-order valence-corrected chi connectivity index (χ2v) is 6.96. The van der Waals surface area contributed by atoms with Crippen LogP contribution in [0.2, 0.25) is 10.0 Å². The van der Waals surface area contributed by atoms with Crippen LogP contribution in [-0.2, 0) is 0 Å². The Morgan fingerprint density at radius 1 is 0.929 bits per heavy atom. The van der Waals surface area contributed by atoms with Gasteiger partial charge in [0.25, 0.3) is 0 Å². The number of hydrogen-bond donors (Lipinski definition) is 2. The molecule has 7 heteroatoms. The lowest BCUT2D eigenvalue weighted by atomic mass is 10.0. The van der Waals surface area contributed by atoms with Crippen LogP contribution < -0.4 is 15.2 Å². The first-order valence-corrected chi connectivity index (χ1v) is 9.24. The standard InChI is InChI=1S/C21H17Cl2N3O2/c1-27-16-10-17(28-2)20(23)18(19(16)22)11-7-8-13-15(9-11)25-26-21(13)12-5-3-4-6-14(12)24/h3-10H,24H2,1-2H3,(H,25,26). The van der Waals surface area contributed by atoms with Crippen molar-refractivity contribution in [1.82, 2.24) is 10.2 Å². The Labute approximate surface area is 172 Å². The molecule has 0 saturated heterocycles. The maximum absolute atomic E-state index is 6.54. The summed E-state index contributed by atoms with van der Waals surface area (Å²) < 4.78 is 10.7. The fraction of sp³-hybridized carbons (Fsp3) is 0.0952. The van der Waals surface area contributed by atoms with E-state index >= 15 is 0 Å². The molecular weight excluding hydrogens is 397 g/mol. The Hall–Kier alpha value is -2.89. The van der Waals surface area contributed by atoms with E-state index in [0.717, 1.165) is 27.7 Å². The van der Waals surface area contributed by atoms with Gasteiger partial charge in [-0.1, -0.05) is 47.5 Å². The Morgan fingerprint density at radius 2 is 1.61 bits per heavy atom. The number of nitrogens with two attached hydrogens (primary N) is 1. The van der Waals surface area contributed by atoms with Crippen LogP contribution in [0.3, 0.4) is 0 Å². The molecule has 5 nitrogen and oxygen atoms in total. The number of anilines is 1. The number of H-pyrrole nitrogens is 1. The van der Waals surface area contributed by atoms with Crippen molar-refractivity contribution in [2.75, 3.05) is 20.0 Å². The monoisotopic (exact) mass is 413 g/mol. The number of fused-ring (bicyclic) bond motifs is 1. The number of hydrogen-bond acceptors (Lipinski definition) is 4. The molecule has 0 unspecified atom stereocenters. The first-order valence-electron chi connectivity index (χ1n) is 8.48. The second-order valence-electron chi connectivity index (χ2n) is 6.20. The van der Waals surface area contributed by atoms with Crippen molar-refractivity contribution in [2.45, 2.75) is 0 Å². The van der Waals surface area contributed by atoms with E-state index in [9.17, 15) is 0 Å². The highest BCUT2D eigenvalue weighted by Crippen LogP contribution is 2.46. The van der Waals surface area contributed by atoms with Gasteiger partial charge >= 0.3 is 0 Å². The summed E-state index contributed by atoms with van der Waals surface area (Å²) in [6.07, 6.45) is 0. The topological polar surface area (TPSA) is 73.2 Å². The average Bonchev–Trinajstić information content (AvgIpc) is 3.12. The van der Waals surface area contributed by atoms with E-state index in [1.54, 1.807) is 20.3 Å². The molecule has 0 aliphatic rings. The predicted octanol–water partition coefficient (Wildman–Crippen LogP) is 5.80. The average molecular weight is 414 g/mol. The third kappa shape index (κ3) is 2.93. The normalized spacial score (nSPS) is 11.0. The van der Waals surface area contributed by atoms with E-state index in [1.807, 2.05) is 42.5 Å². The first kappa shape index (κ1) is 18.5. The molecule has 0 radical (unpaired) electrons. The van der Waals surface area contributed by atoms with E-state index in [1.165, 1.54) is 0 Å². The van der Waals surface area contributed by atoms with E-state index in [-0.39, 0.29) is 0 Å².